The second-order valence-corrected chi connectivity index (χ2v) is 7.05. The molecule has 9 nitrogen and oxygen atoms in total. The average molecular weight is 406 g/mol. The molecule has 28 heavy (non-hydrogen) atoms. The van der Waals surface area contributed by atoms with Crippen LogP contribution in [0.5, 0.6) is 0 Å². The summed E-state index contributed by atoms with van der Waals surface area (Å²) in [6, 6.07) is 7.57. The largest absolute Gasteiger partial charge is 0.369 e. The average Bonchev–Trinajstić information content (AvgIpc) is 3.15. The number of guanidine groups is 1. The Labute approximate surface area is 168 Å². The molecule has 0 saturated carbocycles. The Kier molecular flexibility index (Phi) is 6.83. The molecule has 1 saturated heterocycles. The smallest absolute Gasteiger partial charge is 0.246 e. The van der Waals surface area contributed by atoms with Crippen molar-refractivity contribution in [2.75, 3.05) is 26.7 Å². The third-order valence-corrected chi connectivity index (χ3v) is 4.72. The van der Waals surface area contributed by atoms with Gasteiger partial charge in [-0.1, -0.05) is 28.9 Å². The maximum atomic E-state index is 11.0. The van der Waals surface area contributed by atoms with Crippen LogP contribution in [0.2, 0.25) is 5.02 Å². The van der Waals surface area contributed by atoms with Crippen LogP contribution in [0, 0.1) is 0 Å². The quantitative estimate of drug-likeness (QED) is 0.484. The van der Waals surface area contributed by atoms with E-state index < -0.39 is 0 Å². The van der Waals surface area contributed by atoms with Crippen LogP contribution in [0.4, 0.5) is 0 Å². The first-order valence-electron chi connectivity index (χ1n) is 9.10. The van der Waals surface area contributed by atoms with Gasteiger partial charge in [0, 0.05) is 36.8 Å². The summed E-state index contributed by atoms with van der Waals surface area (Å²) in [7, 11) is 1.71. The van der Waals surface area contributed by atoms with Crippen LogP contribution >= 0.6 is 11.6 Å². The predicted octanol–water partition coefficient (Wildman–Crippen LogP) is 1.00. The number of primary amides is 1. The van der Waals surface area contributed by atoms with Crippen LogP contribution in [0.25, 0.3) is 11.4 Å². The van der Waals surface area contributed by atoms with Crippen molar-refractivity contribution in [2.45, 2.75) is 25.4 Å². The molecule has 1 aromatic carbocycles. The van der Waals surface area contributed by atoms with Gasteiger partial charge in [0.2, 0.25) is 17.6 Å². The highest BCUT2D eigenvalue weighted by Crippen LogP contribution is 2.19. The van der Waals surface area contributed by atoms with Crippen molar-refractivity contribution in [1.82, 2.24) is 25.7 Å². The molecular formula is C18H24ClN7O2. The molecule has 0 unspecified atom stereocenters. The Hall–Kier alpha value is -2.65. The lowest BCUT2D eigenvalue weighted by atomic mass is 10.1. The van der Waals surface area contributed by atoms with Crippen molar-refractivity contribution in [1.29, 1.82) is 0 Å². The number of hydrogen-bond acceptors (Lipinski definition) is 6. The maximum Gasteiger partial charge on any atom is 0.246 e. The number of rotatable bonds is 6. The van der Waals surface area contributed by atoms with E-state index in [1.54, 1.807) is 19.2 Å². The third-order valence-electron chi connectivity index (χ3n) is 4.49. The lowest BCUT2D eigenvalue weighted by Crippen LogP contribution is -2.49. The molecular weight excluding hydrogens is 382 g/mol. The van der Waals surface area contributed by atoms with Crippen molar-refractivity contribution in [3.63, 3.8) is 0 Å². The number of carbonyl (C=O) groups is 1. The van der Waals surface area contributed by atoms with Gasteiger partial charge in [-0.2, -0.15) is 4.98 Å². The van der Waals surface area contributed by atoms with Crippen LogP contribution in [-0.4, -0.2) is 59.6 Å². The summed E-state index contributed by atoms with van der Waals surface area (Å²) in [6.45, 7) is 2.31. The molecule has 0 spiro atoms. The van der Waals surface area contributed by atoms with Crippen LogP contribution in [0.1, 0.15) is 18.7 Å². The number of piperidine rings is 1. The molecule has 4 N–H and O–H groups in total. The number of carbonyl (C=O) groups excluding carboxylic acids is 1. The first kappa shape index (κ1) is 20.1. The van der Waals surface area contributed by atoms with Gasteiger partial charge in [-0.05, 0) is 25.0 Å². The maximum absolute atomic E-state index is 11.0. The topological polar surface area (TPSA) is 122 Å². The molecule has 0 atom stereocenters. The molecule has 2 heterocycles. The number of benzene rings is 1. The monoisotopic (exact) mass is 405 g/mol. The highest BCUT2D eigenvalue weighted by Gasteiger charge is 2.21. The number of amides is 1. The summed E-state index contributed by atoms with van der Waals surface area (Å²) in [5.41, 5.74) is 6.05. The van der Waals surface area contributed by atoms with Gasteiger partial charge in [0.05, 0.1) is 13.1 Å². The standard InChI is InChI=1S/C18H24ClN7O2/c1-21-18(23-14-5-7-26(8-6-14)11-15(20)27)22-10-16-24-17(25-28-16)12-3-2-4-13(19)9-12/h2-4,9,14H,5-8,10-11H2,1H3,(H2,20,27)(H2,21,22,23). The lowest BCUT2D eigenvalue weighted by Gasteiger charge is -2.32. The second kappa shape index (κ2) is 9.52. The Morgan fingerprint density at radius 3 is 2.89 bits per heavy atom. The molecule has 1 fully saturated rings. The Morgan fingerprint density at radius 2 is 2.21 bits per heavy atom. The van der Waals surface area contributed by atoms with Crippen LogP contribution < -0.4 is 16.4 Å². The first-order chi connectivity index (χ1) is 13.5. The van der Waals surface area contributed by atoms with Gasteiger partial charge < -0.3 is 20.9 Å². The van der Waals surface area contributed by atoms with Crippen molar-refractivity contribution >= 4 is 23.5 Å². The summed E-state index contributed by atoms with van der Waals surface area (Å²) in [5.74, 6) is 1.31. The van der Waals surface area contributed by atoms with E-state index in [4.69, 9.17) is 21.9 Å². The van der Waals surface area contributed by atoms with E-state index >= 15 is 0 Å². The predicted molar refractivity (Wildman–Crippen MR) is 107 cm³/mol. The van der Waals surface area contributed by atoms with E-state index in [0.29, 0.717) is 35.8 Å². The number of hydrogen-bond donors (Lipinski definition) is 3. The minimum atomic E-state index is -0.291. The van der Waals surface area contributed by atoms with Crippen LogP contribution in [0.15, 0.2) is 33.8 Å². The van der Waals surface area contributed by atoms with Gasteiger partial charge >= 0.3 is 0 Å². The number of aliphatic imine (C=N–C) groups is 1. The van der Waals surface area contributed by atoms with E-state index in [-0.39, 0.29) is 11.9 Å². The SMILES string of the molecule is CN=C(NCc1nc(-c2cccc(Cl)c2)no1)NC1CCN(CC(N)=O)CC1. The van der Waals surface area contributed by atoms with Crippen molar-refractivity contribution in [3.05, 3.63) is 35.2 Å². The van der Waals surface area contributed by atoms with Gasteiger partial charge in [0.1, 0.15) is 0 Å². The summed E-state index contributed by atoms with van der Waals surface area (Å²) < 4.78 is 5.29. The Bertz CT molecular complexity index is 831. The Balaban J connectivity index is 1.48. The number of likely N-dealkylation sites (tertiary alicyclic amines) is 1. The van der Waals surface area contributed by atoms with Gasteiger partial charge in [0.15, 0.2) is 5.96 Å². The number of nitrogens with zero attached hydrogens (tertiary/aromatic N) is 4. The van der Waals surface area contributed by atoms with Gasteiger partial charge in [-0.15, -0.1) is 0 Å². The fraction of sp³-hybridized carbons (Fsp3) is 0.444. The van der Waals surface area contributed by atoms with E-state index in [9.17, 15) is 4.79 Å². The Morgan fingerprint density at radius 1 is 1.43 bits per heavy atom. The van der Waals surface area contributed by atoms with E-state index in [1.807, 2.05) is 12.1 Å². The third kappa shape index (κ3) is 5.67. The zero-order valence-corrected chi connectivity index (χ0v) is 16.4. The van der Waals surface area contributed by atoms with E-state index in [2.05, 4.69) is 30.7 Å². The number of nitrogens with two attached hydrogens (primary N) is 1. The van der Waals surface area contributed by atoms with Crippen molar-refractivity contribution < 1.29 is 9.32 Å². The van der Waals surface area contributed by atoms with Gasteiger partial charge in [-0.3, -0.25) is 14.7 Å². The number of aromatic nitrogens is 2. The molecule has 1 aromatic heterocycles. The molecule has 1 aliphatic heterocycles. The zero-order chi connectivity index (χ0) is 19.9. The fourth-order valence-corrected chi connectivity index (χ4v) is 3.26. The minimum absolute atomic E-state index is 0.278. The molecule has 1 amide bonds. The van der Waals surface area contributed by atoms with E-state index in [1.165, 1.54) is 0 Å². The molecule has 2 aromatic rings. The minimum Gasteiger partial charge on any atom is -0.369 e. The van der Waals surface area contributed by atoms with Gasteiger partial charge in [-0.25, -0.2) is 0 Å². The van der Waals surface area contributed by atoms with Gasteiger partial charge in [0.25, 0.3) is 0 Å². The summed E-state index contributed by atoms with van der Waals surface area (Å²) >= 11 is 6.00. The molecule has 0 bridgehead atoms. The molecule has 10 heteroatoms. The zero-order valence-electron chi connectivity index (χ0n) is 15.7. The molecule has 0 aliphatic carbocycles. The highest BCUT2D eigenvalue weighted by atomic mass is 35.5. The lowest BCUT2D eigenvalue weighted by molar-refractivity contribution is -0.119. The number of nitrogens with one attached hydrogen (secondary N) is 2. The van der Waals surface area contributed by atoms with Crippen LogP contribution in [0.3, 0.4) is 0 Å². The molecule has 0 radical (unpaired) electrons. The fourth-order valence-electron chi connectivity index (χ4n) is 3.07. The number of halogens is 1. The molecule has 150 valence electrons. The molecule has 3 rings (SSSR count). The first-order valence-corrected chi connectivity index (χ1v) is 9.47. The van der Waals surface area contributed by atoms with Crippen LogP contribution in [-0.2, 0) is 11.3 Å². The summed E-state index contributed by atoms with van der Waals surface area (Å²) in [4.78, 5) is 21.7. The normalized spacial score (nSPS) is 16.1. The van der Waals surface area contributed by atoms with E-state index in [0.717, 1.165) is 31.5 Å². The van der Waals surface area contributed by atoms with Crippen molar-refractivity contribution in [3.8, 4) is 11.4 Å². The summed E-state index contributed by atoms with van der Waals surface area (Å²) in [6.07, 6.45) is 1.82. The summed E-state index contributed by atoms with van der Waals surface area (Å²) in [5, 5.41) is 11.2. The second-order valence-electron chi connectivity index (χ2n) is 6.61. The van der Waals surface area contributed by atoms with Crippen molar-refractivity contribution in [2.24, 2.45) is 10.7 Å². The highest BCUT2D eigenvalue weighted by molar-refractivity contribution is 6.30. The molecule has 1 aliphatic rings.